The predicted molar refractivity (Wildman–Crippen MR) is 116 cm³/mol. The fourth-order valence-corrected chi connectivity index (χ4v) is 3.17. The van der Waals surface area contributed by atoms with Gasteiger partial charge in [0.15, 0.2) is 0 Å². The summed E-state index contributed by atoms with van der Waals surface area (Å²) < 4.78 is 0. The van der Waals surface area contributed by atoms with Gasteiger partial charge in [-0.1, -0.05) is 72.3 Å². The van der Waals surface area contributed by atoms with E-state index in [1.54, 1.807) is 24.3 Å². The zero-order valence-corrected chi connectivity index (χ0v) is 16.9. The average Bonchev–Trinajstić information content (AvgIpc) is 2.75. The van der Waals surface area contributed by atoms with Gasteiger partial charge in [0, 0.05) is 17.0 Å². The quantitative estimate of drug-likeness (QED) is 0.604. The van der Waals surface area contributed by atoms with Gasteiger partial charge in [-0.15, -0.1) is 0 Å². The van der Waals surface area contributed by atoms with Crippen LogP contribution >= 0.6 is 11.6 Å². The van der Waals surface area contributed by atoms with Crippen LogP contribution in [0.5, 0.6) is 0 Å². The van der Waals surface area contributed by atoms with E-state index >= 15 is 0 Å². The molecule has 0 aliphatic heterocycles. The van der Waals surface area contributed by atoms with Crippen molar-refractivity contribution in [2.24, 2.45) is 0 Å². The minimum absolute atomic E-state index is 0.172. The Balaban J connectivity index is 1.75. The number of benzene rings is 3. The SMILES string of the molecule is CC(NC(=O)C(Cc1ccccc1)NC(=O)c1ccc(Cl)cc1)c1ccccc1. The van der Waals surface area contributed by atoms with Crippen LogP contribution in [0.1, 0.15) is 34.5 Å². The van der Waals surface area contributed by atoms with Gasteiger partial charge in [0.25, 0.3) is 5.91 Å². The van der Waals surface area contributed by atoms with E-state index in [9.17, 15) is 9.59 Å². The van der Waals surface area contributed by atoms with Gasteiger partial charge in [0.2, 0.25) is 5.91 Å². The Labute approximate surface area is 175 Å². The molecule has 3 rings (SSSR count). The molecule has 0 aliphatic rings. The van der Waals surface area contributed by atoms with E-state index in [-0.39, 0.29) is 17.9 Å². The summed E-state index contributed by atoms with van der Waals surface area (Å²) in [6.45, 7) is 1.92. The summed E-state index contributed by atoms with van der Waals surface area (Å²) in [5.74, 6) is -0.544. The van der Waals surface area contributed by atoms with Gasteiger partial charge in [0.1, 0.15) is 6.04 Å². The lowest BCUT2D eigenvalue weighted by molar-refractivity contribution is -0.123. The number of rotatable bonds is 7. The summed E-state index contributed by atoms with van der Waals surface area (Å²) in [5.41, 5.74) is 2.43. The molecule has 0 saturated heterocycles. The fraction of sp³-hybridized carbons (Fsp3) is 0.167. The molecule has 3 aromatic rings. The Morgan fingerprint density at radius 1 is 0.828 bits per heavy atom. The molecule has 0 aliphatic carbocycles. The Morgan fingerprint density at radius 3 is 2.03 bits per heavy atom. The van der Waals surface area contributed by atoms with Crippen molar-refractivity contribution in [2.75, 3.05) is 0 Å². The molecule has 3 aromatic carbocycles. The van der Waals surface area contributed by atoms with Crippen LogP contribution in [0.4, 0.5) is 0 Å². The van der Waals surface area contributed by atoms with Crippen LogP contribution in [-0.2, 0) is 11.2 Å². The third-order valence-electron chi connectivity index (χ3n) is 4.67. The van der Waals surface area contributed by atoms with Crippen molar-refractivity contribution < 1.29 is 9.59 Å². The number of nitrogens with one attached hydrogen (secondary N) is 2. The average molecular weight is 407 g/mol. The number of carbonyl (C=O) groups excluding carboxylic acids is 2. The Kier molecular flexibility index (Phi) is 7.04. The summed E-state index contributed by atoms with van der Waals surface area (Å²) in [6.07, 6.45) is 0.396. The highest BCUT2D eigenvalue weighted by atomic mass is 35.5. The maximum Gasteiger partial charge on any atom is 0.251 e. The highest BCUT2D eigenvalue weighted by molar-refractivity contribution is 6.30. The van der Waals surface area contributed by atoms with Crippen LogP contribution in [0.3, 0.4) is 0 Å². The molecule has 0 bridgehead atoms. The van der Waals surface area contributed by atoms with Crippen LogP contribution < -0.4 is 10.6 Å². The lowest BCUT2D eigenvalue weighted by Crippen LogP contribution is -2.48. The smallest absolute Gasteiger partial charge is 0.251 e. The molecule has 0 heterocycles. The maximum atomic E-state index is 13.0. The Hall–Kier alpha value is -3.11. The third-order valence-corrected chi connectivity index (χ3v) is 4.92. The number of carbonyl (C=O) groups is 2. The van der Waals surface area contributed by atoms with E-state index in [0.717, 1.165) is 11.1 Å². The van der Waals surface area contributed by atoms with Crippen molar-refractivity contribution in [2.45, 2.75) is 25.4 Å². The molecular weight excluding hydrogens is 384 g/mol. The largest absolute Gasteiger partial charge is 0.348 e. The van der Waals surface area contributed by atoms with E-state index in [1.807, 2.05) is 67.6 Å². The lowest BCUT2D eigenvalue weighted by Gasteiger charge is -2.22. The van der Waals surface area contributed by atoms with E-state index in [1.165, 1.54) is 0 Å². The van der Waals surface area contributed by atoms with Crippen LogP contribution in [-0.4, -0.2) is 17.9 Å². The normalized spacial score (nSPS) is 12.6. The van der Waals surface area contributed by atoms with E-state index in [0.29, 0.717) is 17.0 Å². The molecule has 5 heteroatoms. The fourth-order valence-electron chi connectivity index (χ4n) is 3.04. The first-order valence-corrected chi connectivity index (χ1v) is 9.86. The van der Waals surface area contributed by atoms with E-state index in [4.69, 9.17) is 11.6 Å². The molecule has 2 amide bonds. The van der Waals surface area contributed by atoms with E-state index in [2.05, 4.69) is 10.6 Å². The molecule has 4 nitrogen and oxygen atoms in total. The number of halogens is 1. The molecule has 0 spiro atoms. The second kappa shape index (κ2) is 9.89. The van der Waals surface area contributed by atoms with Crippen molar-refractivity contribution in [3.8, 4) is 0 Å². The van der Waals surface area contributed by atoms with Gasteiger partial charge >= 0.3 is 0 Å². The Bertz CT molecular complexity index is 944. The van der Waals surface area contributed by atoms with Crippen LogP contribution in [0.15, 0.2) is 84.9 Å². The topological polar surface area (TPSA) is 58.2 Å². The molecule has 0 fully saturated rings. The number of amides is 2. The number of hydrogen-bond donors (Lipinski definition) is 2. The molecule has 2 N–H and O–H groups in total. The number of hydrogen-bond acceptors (Lipinski definition) is 2. The highest BCUT2D eigenvalue weighted by Crippen LogP contribution is 2.13. The minimum atomic E-state index is -0.702. The van der Waals surface area contributed by atoms with Crippen LogP contribution in [0, 0.1) is 0 Å². The summed E-state index contributed by atoms with van der Waals surface area (Å²) in [6, 6.07) is 25.1. The first kappa shape index (κ1) is 20.6. The van der Waals surface area contributed by atoms with Gasteiger partial charge in [-0.3, -0.25) is 9.59 Å². The van der Waals surface area contributed by atoms with Crippen molar-refractivity contribution in [1.29, 1.82) is 0 Å². The lowest BCUT2D eigenvalue weighted by atomic mass is 10.0. The van der Waals surface area contributed by atoms with Crippen molar-refractivity contribution in [1.82, 2.24) is 10.6 Å². The van der Waals surface area contributed by atoms with Crippen molar-refractivity contribution >= 4 is 23.4 Å². The van der Waals surface area contributed by atoms with Gasteiger partial charge in [-0.2, -0.15) is 0 Å². The predicted octanol–water partition coefficient (Wildman–Crippen LogP) is 4.56. The second-order valence-electron chi connectivity index (χ2n) is 6.86. The molecule has 2 atom stereocenters. The van der Waals surface area contributed by atoms with E-state index < -0.39 is 6.04 Å². The van der Waals surface area contributed by atoms with Crippen LogP contribution in [0.25, 0.3) is 0 Å². The van der Waals surface area contributed by atoms with Gasteiger partial charge in [-0.05, 0) is 42.3 Å². The molecule has 0 radical (unpaired) electrons. The van der Waals surface area contributed by atoms with Gasteiger partial charge < -0.3 is 10.6 Å². The molecule has 29 heavy (non-hydrogen) atoms. The minimum Gasteiger partial charge on any atom is -0.348 e. The monoisotopic (exact) mass is 406 g/mol. The first-order valence-electron chi connectivity index (χ1n) is 9.48. The van der Waals surface area contributed by atoms with Crippen molar-refractivity contribution in [3.05, 3.63) is 107 Å². The third kappa shape index (κ3) is 5.93. The van der Waals surface area contributed by atoms with Gasteiger partial charge in [0.05, 0.1) is 6.04 Å². The zero-order chi connectivity index (χ0) is 20.6. The zero-order valence-electron chi connectivity index (χ0n) is 16.1. The Morgan fingerprint density at radius 2 is 1.41 bits per heavy atom. The van der Waals surface area contributed by atoms with Crippen molar-refractivity contribution in [3.63, 3.8) is 0 Å². The maximum absolute atomic E-state index is 13.0. The molecule has 0 aromatic heterocycles. The molecule has 0 saturated carbocycles. The molecular formula is C24H23ClN2O2. The van der Waals surface area contributed by atoms with Gasteiger partial charge in [-0.25, -0.2) is 0 Å². The summed E-state index contributed by atoms with van der Waals surface area (Å²) in [4.78, 5) is 25.7. The standard InChI is InChI=1S/C24H23ClN2O2/c1-17(19-10-6-3-7-11-19)26-24(29)22(16-18-8-4-2-5-9-18)27-23(28)20-12-14-21(25)15-13-20/h2-15,17,22H,16H2,1H3,(H,26,29)(H,27,28). The summed E-state index contributed by atoms with van der Waals surface area (Å²) in [5, 5.41) is 6.42. The second-order valence-corrected chi connectivity index (χ2v) is 7.30. The first-order chi connectivity index (χ1) is 14.0. The summed E-state index contributed by atoms with van der Waals surface area (Å²) in [7, 11) is 0. The highest BCUT2D eigenvalue weighted by Gasteiger charge is 2.23. The molecule has 148 valence electrons. The van der Waals surface area contributed by atoms with Crippen LogP contribution in [0.2, 0.25) is 5.02 Å². The summed E-state index contributed by atoms with van der Waals surface area (Å²) >= 11 is 5.90. The molecule has 2 unspecified atom stereocenters.